The Hall–Kier alpha value is -2.52. The van der Waals surface area contributed by atoms with Gasteiger partial charge in [-0.15, -0.1) is 0 Å². The van der Waals surface area contributed by atoms with Gasteiger partial charge in [0, 0.05) is 6.54 Å². The van der Waals surface area contributed by atoms with Crippen molar-refractivity contribution in [2.75, 3.05) is 30.8 Å². The largest absolute Gasteiger partial charge is 0.495 e. The zero-order valence-corrected chi connectivity index (χ0v) is 17.7. The second-order valence-corrected chi connectivity index (χ2v) is 7.99. The summed E-state index contributed by atoms with van der Waals surface area (Å²) in [6, 6.07) is 11.3. The molecule has 2 rings (SSSR count). The average molecular weight is 424 g/mol. The summed E-state index contributed by atoms with van der Waals surface area (Å²) in [5.74, 6) is 0.912. The molecular formula is C19H25N3O4S2. The van der Waals surface area contributed by atoms with Crippen LogP contribution in [-0.2, 0) is 10.0 Å². The molecule has 0 atom stereocenters. The Morgan fingerprint density at radius 2 is 1.71 bits per heavy atom. The number of nitrogens with one attached hydrogen (secondary N) is 3. The molecule has 152 valence electrons. The number of rotatable bonds is 9. The minimum Gasteiger partial charge on any atom is -0.495 e. The summed E-state index contributed by atoms with van der Waals surface area (Å²) >= 11 is 5.27. The molecule has 0 heterocycles. The van der Waals surface area contributed by atoms with Crippen molar-refractivity contribution < 1.29 is 17.9 Å². The highest BCUT2D eigenvalue weighted by atomic mass is 32.2. The van der Waals surface area contributed by atoms with Gasteiger partial charge in [-0.3, -0.25) is 4.72 Å². The van der Waals surface area contributed by atoms with Gasteiger partial charge in [0.05, 0.1) is 30.5 Å². The minimum atomic E-state index is -3.84. The lowest BCUT2D eigenvalue weighted by Crippen LogP contribution is -2.29. The van der Waals surface area contributed by atoms with E-state index in [0.717, 1.165) is 19.4 Å². The second-order valence-electron chi connectivity index (χ2n) is 5.90. The van der Waals surface area contributed by atoms with Gasteiger partial charge in [-0.1, -0.05) is 25.5 Å². The summed E-state index contributed by atoms with van der Waals surface area (Å²) < 4.78 is 38.7. The third-order valence-corrected chi connectivity index (χ3v) is 5.51. The topological polar surface area (TPSA) is 88.7 Å². The molecule has 2 aromatic carbocycles. The zero-order chi connectivity index (χ0) is 20.6. The number of benzene rings is 2. The summed E-state index contributed by atoms with van der Waals surface area (Å²) in [4.78, 5) is 0.0677. The van der Waals surface area contributed by atoms with Crippen LogP contribution in [0.25, 0.3) is 0 Å². The van der Waals surface area contributed by atoms with E-state index >= 15 is 0 Å². The molecule has 0 aliphatic carbocycles. The summed E-state index contributed by atoms with van der Waals surface area (Å²) in [7, 11) is -0.849. The van der Waals surface area contributed by atoms with Gasteiger partial charge in [-0.25, -0.2) is 8.42 Å². The van der Waals surface area contributed by atoms with Crippen LogP contribution in [0.2, 0.25) is 0 Å². The van der Waals surface area contributed by atoms with E-state index in [0.29, 0.717) is 28.0 Å². The minimum absolute atomic E-state index is 0.0677. The van der Waals surface area contributed by atoms with Crippen LogP contribution in [0.5, 0.6) is 11.5 Å². The van der Waals surface area contributed by atoms with E-state index in [9.17, 15) is 8.42 Å². The Bertz CT molecular complexity index is 917. The third kappa shape index (κ3) is 5.74. The maximum absolute atomic E-state index is 12.8. The van der Waals surface area contributed by atoms with E-state index in [1.54, 1.807) is 30.3 Å². The average Bonchev–Trinajstić information content (AvgIpc) is 2.68. The molecule has 0 bridgehead atoms. The van der Waals surface area contributed by atoms with Crippen LogP contribution >= 0.6 is 12.2 Å². The van der Waals surface area contributed by atoms with Crippen molar-refractivity contribution >= 4 is 38.7 Å². The van der Waals surface area contributed by atoms with Gasteiger partial charge < -0.3 is 20.1 Å². The normalized spacial score (nSPS) is 10.8. The first kappa shape index (κ1) is 21.8. The number of hydrogen-bond donors (Lipinski definition) is 3. The fourth-order valence-corrected chi connectivity index (χ4v) is 3.74. The number of hydrogen-bond acceptors (Lipinski definition) is 5. The zero-order valence-electron chi connectivity index (χ0n) is 16.1. The first-order valence-corrected chi connectivity index (χ1v) is 10.7. The maximum Gasteiger partial charge on any atom is 0.262 e. The molecule has 9 heteroatoms. The van der Waals surface area contributed by atoms with E-state index in [1.165, 1.54) is 26.4 Å². The molecule has 0 aliphatic rings. The highest BCUT2D eigenvalue weighted by Crippen LogP contribution is 2.30. The van der Waals surface area contributed by atoms with Crippen LogP contribution < -0.4 is 24.8 Å². The summed E-state index contributed by atoms with van der Waals surface area (Å²) in [6.07, 6.45) is 2.03. The number of thiocarbonyl (C=S) groups is 1. The lowest BCUT2D eigenvalue weighted by molar-refractivity contribution is 0.416. The SMILES string of the molecule is CCCCNC(=S)Nc1cc(S(=O)(=O)Nc2ccccc2OC)ccc1OC. The molecule has 0 saturated heterocycles. The van der Waals surface area contributed by atoms with Gasteiger partial charge in [0.15, 0.2) is 5.11 Å². The van der Waals surface area contributed by atoms with E-state index in [4.69, 9.17) is 21.7 Å². The lowest BCUT2D eigenvalue weighted by Gasteiger charge is -2.16. The third-order valence-electron chi connectivity index (χ3n) is 3.90. The molecule has 0 radical (unpaired) electrons. The van der Waals surface area contributed by atoms with E-state index in [2.05, 4.69) is 22.3 Å². The number of sulfonamides is 1. The van der Waals surface area contributed by atoms with Crippen molar-refractivity contribution in [3.05, 3.63) is 42.5 Å². The molecule has 0 saturated carbocycles. The molecule has 0 fully saturated rings. The van der Waals surface area contributed by atoms with Crippen LogP contribution in [-0.4, -0.2) is 34.3 Å². The predicted octanol–water partition coefficient (Wildman–Crippen LogP) is 3.59. The molecule has 0 amide bonds. The van der Waals surface area contributed by atoms with E-state index in [-0.39, 0.29) is 4.90 Å². The van der Waals surface area contributed by atoms with Crippen LogP contribution in [0, 0.1) is 0 Å². The fraction of sp³-hybridized carbons (Fsp3) is 0.316. The number of unbranched alkanes of at least 4 members (excludes halogenated alkanes) is 1. The molecule has 0 unspecified atom stereocenters. The van der Waals surface area contributed by atoms with Crippen LogP contribution in [0.4, 0.5) is 11.4 Å². The van der Waals surface area contributed by atoms with Crippen molar-refractivity contribution in [3.63, 3.8) is 0 Å². The molecule has 0 aliphatic heterocycles. The molecule has 0 aromatic heterocycles. The first-order valence-electron chi connectivity index (χ1n) is 8.80. The van der Waals surface area contributed by atoms with Crippen LogP contribution in [0.3, 0.4) is 0 Å². The number of para-hydroxylation sites is 2. The molecule has 28 heavy (non-hydrogen) atoms. The Morgan fingerprint density at radius 1 is 1.04 bits per heavy atom. The summed E-state index contributed by atoms with van der Waals surface area (Å²) in [5, 5.41) is 6.48. The van der Waals surface area contributed by atoms with Crippen molar-refractivity contribution in [2.24, 2.45) is 0 Å². The molecule has 7 nitrogen and oxygen atoms in total. The Balaban J connectivity index is 2.26. The number of ether oxygens (including phenoxy) is 2. The van der Waals surface area contributed by atoms with Crippen LogP contribution in [0.1, 0.15) is 19.8 Å². The van der Waals surface area contributed by atoms with Gasteiger partial charge in [-0.2, -0.15) is 0 Å². The van der Waals surface area contributed by atoms with Crippen molar-refractivity contribution in [1.29, 1.82) is 0 Å². The van der Waals surface area contributed by atoms with Crippen molar-refractivity contribution in [2.45, 2.75) is 24.7 Å². The van der Waals surface area contributed by atoms with Crippen LogP contribution in [0.15, 0.2) is 47.4 Å². The fourth-order valence-electron chi connectivity index (χ4n) is 2.43. The lowest BCUT2D eigenvalue weighted by atomic mass is 10.3. The highest BCUT2D eigenvalue weighted by Gasteiger charge is 2.19. The van der Waals surface area contributed by atoms with Gasteiger partial charge in [0.1, 0.15) is 11.5 Å². The number of anilines is 2. The molecule has 0 spiro atoms. The molecule has 2 aromatic rings. The van der Waals surface area contributed by atoms with E-state index < -0.39 is 10.0 Å². The van der Waals surface area contributed by atoms with Gasteiger partial charge in [0.2, 0.25) is 0 Å². The monoisotopic (exact) mass is 423 g/mol. The van der Waals surface area contributed by atoms with Crippen molar-refractivity contribution in [3.8, 4) is 11.5 Å². The number of methoxy groups -OCH3 is 2. The Labute approximate surface area is 171 Å². The van der Waals surface area contributed by atoms with E-state index in [1.807, 2.05) is 0 Å². The van der Waals surface area contributed by atoms with Gasteiger partial charge in [-0.05, 0) is 49.0 Å². The standard InChI is InChI=1S/C19H25N3O4S2/c1-4-5-12-20-19(27)21-16-13-14(10-11-18(16)26-3)28(23,24)22-15-8-6-7-9-17(15)25-2/h6-11,13,22H,4-5,12H2,1-3H3,(H2,20,21,27). The van der Waals surface area contributed by atoms with Gasteiger partial charge in [0.25, 0.3) is 10.0 Å². The Morgan fingerprint density at radius 3 is 2.39 bits per heavy atom. The second kappa shape index (κ2) is 10.1. The first-order chi connectivity index (χ1) is 13.4. The molecular weight excluding hydrogens is 398 g/mol. The van der Waals surface area contributed by atoms with Crippen molar-refractivity contribution in [1.82, 2.24) is 5.32 Å². The quantitative estimate of drug-likeness (QED) is 0.419. The smallest absolute Gasteiger partial charge is 0.262 e. The maximum atomic E-state index is 12.8. The predicted molar refractivity (Wildman–Crippen MR) is 116 cm³/mol. The highest BCUT2D eigenvalue weighted by molar-refractivity contribution is 7.92. The van der Waals surface area contributed by atoms with Gasteiger partial charge >= 0.3 is 0 Å². The summed E-state index contributed by atoms with van der Waals surface area (Å²) in [6.45, 7) is 2.82. The Kier molecular flexibility index (Phi) is 7.89. The summed E-state index contributed by atoms with van der Waals surface area (Å²) in [5.41, 5.74) is 0.812. The molecule has 3 N–H and O–H groups in total.